The predicted molar refractivity (Wildman–Crippen MR) is 99.5 cm³/mol. The van der Waals surface area contributed by atoms with Crippen LogP contribution in [0.5, 0.6) is 5.75 Å². The number of benzene rings is 2. The Labute approximate surface area is 152 Å². The highest BCUT2D eigenvalue weighted by atomic mass is 35.5. The molecule has 0 heterocycles. The third kappa shape index (κ3) is 4.73. The normalized spacial score (nSPS) is 11.1. The number of amides is 2. The van der Waals surface area contributed by atoms with Crippen LogP contribution in [0.2, 0.25) is 5.02 Å². The number of hydrogen-bond donors (Lipinski definition) is 3. The van der Waals surface area contributed by atoms with E-state index in [1.54, 1.807) is 31.2 Å². The maximum atomic E-state index is 12.4. The minimum absolute atomic E-state index is 0.0738. The van der Waals surface area contributed by atoms with Crippen molar-refractivity contribution in [2.75, 3.05) is 5.32 Å². The first-order valence-electron chi connectivity index (χ1n) is 7.80. The van der Waals surface area contributed by atoms with Gasteiger partial charge in [0.2, 0.25) is 0 Å². The average molecular weight is 361 g/mol. The lowest BCUT2D eigenvalue weighted by Gasteiger charge is -2.21. The lowest BCUT2D eigenvalue weighted by atomic mass is 10.0. The zero-order valence-corrected chi connectivity index (χ0v) is 15.4. The number of phenols is 1. The molecular weight excluding hydrogens is 340 g/mol. The average Bonchev–Trinajstić information content (AvgIpc) is 2.49. The summed E-state index contributed by atoms with van der Waals surface area (Å²) in [6.45, 7) is 7.31. The Hall–Kier alpha value is -2.53. The molecule has 5 nitrogen and oxygen atoms in total. The molecule has 0 spiro atoms. The van der Waals surface area contributed by atoms with E-state index in [0.29, 0.717) is 21.8 Å². The van der Waals surface area contributed by atoms with Gasteiger partial charge in [0, 0.05) is 11.1 Å². The Morgan fingerprint density at radius 2 is 1.68 bits per heavy atom. The van der Waals surface area contributed by atoms with Crippen LogP contribution in [0, 0.1) is 6.92 Å². The Morgan fingerprint density at radius 1 is 1.04 bits per heavy atom. The third-order valence-electron chi connectivity index (χ3n) is 3.44. The van der Waals surface area contributed by atoms with Crippen molar-refractivity contribution in [1.82, 2.24) is 5.32 Å². The first-order valence-corrected chi connectivity index (χ1v) is 8.18. The van der Waals surface area contributed by atoms with Crippen molar-refractivity contribution in [3.63, 3.8) is 0 Å². The molecule has 3 N–H and O–H groups in total. The summed E-state index contributed by atoms with van der Waals surface area (Å²) in [6.07, 6.45) is 0. The molecule has 0 aliphatic carbocycles. The van der Waals surface area contributed by atoms with Gasteiger partial charge in [-0.05, 0) is 57.5 Å². The summed E-state index contributed by atoms with van der Waals surface area (Å²) in [5.41, 5.74) is 1.02. The molecule has 2 aromatic carbocycles. The van der Waals surface area contributed by atoms with Crippen LogP contribution in [0.4, 0.5) is 5.69 Å². The van der Waals surface area contributed by atoms with Gasteiger partial charge >= 0.3 is 0 Å². The highest BCUT2D eigenvalue weighted by Crippen LogP contribution is 2.26. The summed E-state index contributed by atoms with van der Waals surface area (Å²) in [5, 5.41) is 16.1. The molecule has 0 aliphatic rings. The van der Waals surface area contributed by atoms with Crippen molar-refractivity contribution in [2.24, 2.45) is 0 Å². The van der Waals surface area contributed by atoms with Crippen LogP contribution < -0.4 is 10.6 Å². The van der Waals surface area contributed by atoms with Crippen LogP contribution in [0.15, 0.2) is 36.4 Å². The summed E-state index contributed by atoms with van der Waals surface area (Å²) in [5.74, 6) is -1.08. The first-order chi connectivity index (χ1) is 11.6. The standard InChI is InChI=1S/C19H21ClN2O3/c1-11-9-13(17(24)21-15-8-6-5-7-14(15)20)16(23)10-12(11)18(25)22-19(2,3)4/h5-10,23H,1-4H3,(H,21,24)(H,22,25). The molecule has 0 radical (unpaired) electrons. The number of anilines is 1. The van der Waals surface area contributed by atoms with Gasteiger partial charge in [0.25, 0.3) is 11.8 Å². The molecule has 0 atom stereocenters. The molecule has 2 amide bonds. The molecule has 0 saturated carbocycles. The van der Waals surface area contributed by atoms with Crippen LogP contribution in [-0.2, 0) is 0 Å². The second-order valence-corrected chi connectivity index (χ2v) is 7.23. The maximum Gasteiger partial charge on any atom is 0.259 e. The third-order valence-corrected chi connectivity index (χ3v) is 3.77. The van der Waals surface area contributed by atoms with E-state index in [4.69, 9.17) is 11.6 Å². The van der Waals surface area contributed by atoms with Crippen molar-refractivity contribution in [1.29, 1.82) is 0 Å². The van der Waals surface area contributed by atoms with Crippen molar-refractivity contribution in [2.45, 2.75) is 33.2 Å². The van der Waals surface area contributed by atoms with E-state index in [0.717, 1.165) is 0 Å². The van der Waals surface area contributed by atoms with E-state index in [1.165, 1.54) is 12.1 Å². The summed E-state index contributed by atoms with van der Waals surface area (Å²) in [4.78, 5) is 24.7. The fourth-order valence-electron chi connectivity index (χ4n) is 2.28. The summed E-state index contributed by atoms with van der Waals surface area (Å²) < 4.78 is 0. The number of aromatic hydroxyl groups is 1. The minimum atomic E-state index is -0.503. The molecule has 6 heteroatoms. The molecule has 0 fully saturated rings. The van der Waals surface area contributed by atoms with Crippen LogP contribution in [0.1, 0.15) is 47.1 Å². The number of aryl methyl sites for hydroxylation is 1. The van der Waals surface area contributed by atoms with Crippen LogP contribution >= 0.6 is 11.6 Å². The molecule has 2 aromatic rings. The van der Waals surface area contributed by atoms with E-state index in [9.17, 15) is 14.7 Å². The number of hydrogen-bond acceptors (Lipinski definition) is 3. The molecule has 132 valence electrons. The van der Waals surface area contributed by atoms with Crippen LogP contribution in [0.25, 0.3) is 0 Å². The van der Waals surface area contributed by atoms with Crippen LogP contribution in [-0.4, -0.2) is 22.5 Å². The van der Waals surface area contributed by atoms with E-state index >= 15 is 0 Å². The molecular formula is C19H21ClN2O3. The van der Waals surface area contributed by atoms with Gasteiger partial charge in [-0.3, -0.25) is 9.59 Å². The molecule has 0 bridgehead atoms. The van der Waals surface area contributed by atoms with E-state index in [1.807, 2.05) is 20.8 Å². The van der Waals surface area contributed by atoms with Crippen molar-refractivity contribution < 1.29 is 14.7 Å². The van der Waals surface area contributed by atoms with E-state index in [-0.39, 0.29) is 17.2 Å². The van der Waals surface area contributed by atoms with Gasteiger partial charge < -0.3 is 15.7 Å². The summed E-state index contributed by atoms with van der Waals surface area (Å²) in [7, 11) is 0. The molecule has 0 aliphatic heterocycles. The minimum Gasteiger partial charge on any atom is -0.507 e. The topological polar surface area (TPSA) is 78.4 Å². The number of nitrogens with one attached hydrogen (secondary N) is 2. The summed E-state index contributed by atoms with van der Waals surface area (Å²) in [6, 6.07) is 9.60. The smallest absolute Gasteiger partial charge is 0.259 e. The zero-order chi connectivity index (χ0) is 18.8. The lowest BCUT2D eigenvalue weighted by Crippen LogP contribution is -2.40. The Balaban J connectivity index is 2.29. The fourth-order valence-corrected chi connectivity index (χ4v) is 2.47. The van der Waals surface area contributed by atoms with Gasteiger partial charge in [0.05, 0.1) is 16.3 Å². The van der Waals surface area contributed by atoms with Crippen molar-refractivity contribution in [3.8, 4) is 5.75 Å². The quantitative estimate of drug-likeness (QED) is 0.769. The van der Waals surface area contributed by atoms with Crippen molar-refractivity contribution in [3.05, 3.63) is 58.1 Å². The van der Waals surface area contributed by atoms with E-state index < -0.39 is 11.4 Å². The van der Waals surface area contributed by atoms with Gasteiger partial charge in [-0.2, -0.15) is 0 Å². The predicted octanol–water partition coefficient (Wildman–Crippen LogP) is 4.13. The molecule has 2 rings (SSSR count). The Kier molecular flexibility index (Phi) is 5.38. The number of para-hydroxylation sites is 1. The van der Waals surface area contributed by atoms with E-state index in [2.05, 4.69) is 10.6 Å². The number of carbonyl (C=O) groups excluding carboxylic acids is 2. The first kappa shape index (κ1) is 18.8. The van der Waals surface area contributed by atoms with Gasteiger partial charge in [-0.25, -0.2) is 0 Å². The van der Waals surface area contributed by atoms with Crippen molar-refractivity contribution >= 4 is 29.1 Å². The lowest BCUT2D eigenvalue weighted by molar-refractivity contribution is 0.0916. The SMILES string of the molecule is Cc1cc(C(=O)Nc2ccccc2Cl)c(O)cc1C(=O)NC(C)(C)C. The van der Waals surface area contributed by atoms with Gasteiger partial charge in [-0.1, -0.05) is 23.7 Å². The molecule has 0 aromatic heterocycles. The maximum absolute atomic E-state index is 12.4. The molecule has 0 saturated heterocycles. The van der Waals surface area contributed by atoms with Crippen LogP contribution in [0.3, 0.4) is 0 Å². The van der Waals surface area contributed by atoms with Gasteiger partial charge in [-0.15, -0.1) is 0 Å². The Bertz CT molecular complexity index is 826. The number of carbonyl (C=O) groups is 2. The van der Waals surface area contributed by atoms with Gasteiger partial charge in [0.15, 0.2) is 0 Å². The molecule has 0 unspecified atom stereocenters. The fraction of sp³-hybridized carbons (Fsp3) is 0.263. The Morgan fingerprint density at radius 3 is 2.28 bits per heavy atom. The largest absolute Gasteiger partial charge is 0.507 e. The number of phenolic OH excluding ortho intramolecular Hbond substituents is 1. The highest BCUT2D eigenvalue weighted by Gasteiger charge is 2.21. The summed E-state index contributed by atoms with van der Waals surface area (Å²) >= 11 is 6.02. The monoisotopic (exact) mass is 360 g/mol. The second kappa shape index (κ2) is 7.15. The number of halogens is 1. The number of rotatable bonds is 3. The molecule has 25 heavy (non-hydrogen) atoms. The highest BCUT2D eigenvalue weighted by molar-refractivity contribution is 6.34. The zero-order valence-electron chi connectivity index (χ0n) is 14.6. The second-order valence-electron chi connectivity index (χ2n) is 6.82. The van der Waals surface area contributed by atoms with Gasteiger partial charge in [0.1, 0.15) is 5.75 Å².